The molecule has 3 rings (SSSR count). The van der Waals surface area contributed by atoms with Gasteiger partial charge in [0, 0.05) is 30.8 Å². The lowest BCUT2D eigenvalue weighted by Gasteiger charge is -2.16. The largest absolute Gasteiger partial charge is 0.338 e. The Balaban J connectivity index is 1.46. The summed E-state index contributed by atoms with van der Waals surface area (Å²) in [7, 11) is 0. The van der Waals surface area contributed by atoms with Gasteiger partial charge in [-0.25, -0.2) is 4.79 Å². The first kappa shape index (κ1) is 15.0. The molecule has 7 heteroatoms. The van der Waals surface area contributed by atoms with Crippen molar-refractivity contribution in [1.29, 1.82) is 0 Å². The quantitative estimate of drug-likeness (QED) is 0.858. The minimum Gasteiger partial charge on any atom is -0.338 e. The SMILES string of the molecule is CC[C@H](NC(=O)NCCc1nnc2n1CCC2)c1cccs1. The van der Waals surface area contributed by atoms with Crippen molar-refractivity contribution in [2.24, 2.45) is 0 Å². The summed E-state index contributed by atoms with van der Waals surface area (Å²) < 4.78 is 2.17. The molecule has 2 aromatic heterocycles. The van der Waals surface area contributed by atoms with Gasteiger partial charge in [-0.1, -0.05) is 13.0 Å². The van der Waals surface area contributed by atoms with E-state index in [0.29, 0.717) is 6.54 Å². The lowest BCUT2D eigenvalue weighted by Crippen LogP contribution is -2.38. The summed E-state index contributed by atoms with van der Waals surface area (Å²) in [5.41, 5.74) is 0. The zero-order valence-electron chi connectivity index (χ0n) is 12.7. The van der Waals surface area contributed by atoms with Crippen LogP contribution in [-0.4, -0.2) is 27.3 Å². The fraction of sp³-hybridized carbons (Fsp3) is 0.533. The molecule has 0 fully saturated rings. The Labute approximate surface area is 133 Å². The van der Waals surface area contributed by atoms with E-state index in [1.54, 1.807) is 11.3 Å². The van der Waals surface area contributed by atoms with Crippen molar-refractivity contribution in [2.75, 3.05) is 6.54 Å². The Morgan fingerprint density at radius 1 is 1.50 bits per heavy atom. The Kier molecular flexibility index (Phi) is 4.72. The van der Waals surface area contributed by atoms with Gasteiger partial charge in [0.2, 0.25) is 0 Å². The molecular formula is C15H21N5OS. The molecule has 0 bridgehead atoms. The van der Waals surface area contributed by atoms with Crippen molar-refractivity contribution in [2.45, 2.75) is 45.2 Å². The average molecular weight is 319 g/mol. The van der Waals surface area contributed by atoms with Gasteiger partial charge in [0.1, 0.15) is 11.6 Å². The first-order valence-electron chi connectivity index (χ1n) is 7.76. The molecule has 118 valence electrons. The number of thiophene rings is 1. The molecule has 2 aromatic rings. The molecule has 0 aliphatic carbocycles. The van der Waals surface area contributed by atoms with Crippen LogP contribution in [0.1, 0.15) is 42.3 Å². The first-order valence-corrected chi connectivity index (χ1v) is 8.64. The molecular weight excluding hydrogens is 298 g/mol. The number of hydrogen-bond acceptors (Lipinski definition) is 4. The molecule has 2 N–H and O–H groups in total. The molecule has 22 heavy (non-hydrogen) atoms. The van der Waals surface area contributed by atoms with Crippen LogP contribution in [0.2, 0.25) is 0 Å². The van der Waals surface area contributed by atoms with Crippen LogP contribution in [0.5, 0.6) is 0 Å². The number of nitrogens with zero attached hydrogens (tertiary/aromatic N) is 3. The van der Waals surface area contributed by atoms with Crippen molar-refractivity contribution in [3.05, 3.63) is 34.0 Å². The van der Waals surface area contributed by atoms with E-state index in [-0.39, 0.29) is 12.1 Å². The summed E-state index contributed by atoms with van der Waals surface area (Å²) in [6, 6.07) is 4.02. The van der Waals surface area contributed by atoms with E-state index < -0.39 is 0 Å². The van der Waals surface area contributed by atoms with Crippen LogP contribution in [0.25, 0.3) is 0 Å². The zero-order valence-corrected chi connectivity index (χ0v) is 13.5. The summed E-state index contributed by atoms with van der Waals surface area (Å²) in [4.78, 5) is 13.2. The number of rotatable bonds is 6. The van der Waals surface area contributed by atoms with Crippen LogP contribution >= 0.6 is 11.3 Å². The first-order chi connectivity index (χ1) is 10.8. The maximum atomic E-state index is 12.0. The predicted molar refractivity (Wildman–Crippen MR) is 85.9 cm³/mol. The maximum Gasteiger partial charge on any atom is 0.315 e. The van der Waals surface area contributed by atoms with Gasteiger partial charge in [0.25, 0.3) is 0 Å². The minimum absolute atomic E-state index is 0.0809. The van der Waals surface area contributed by atoms with Crippen molar-refractivity contribution < 1.29 is 4.79 Å². The maximum absolute atomic E-state index is 12.0. The van der Waals surface area contributed by atoms with Gasteiger partial charge < -0.3 is 15.2 Å². The average Bonchev–Trinajstić information content (AvgIpc) is 3.23. The Morgan fingerprint density at radius 3 is 3.18 bits per heavy atom. The highest BCUT2D eigenvalue weighted by molar-refractivity contribution is 7.10. The van der Waals surface area contributed by atoms with E-state index in [1.165, 1.54) is 4.88 Å². The van der Waals surface area contributed by atoms with Gasteiger partial charge in [0.05, 0.1) is 6.04 Å². The number of fused-ring (bicyclic) bond motifs is 1. The Morgan fingerprint density at radius 2 is 2.41 bits per heavy atom. The molecule has 2 amide bonds. The van der Waals surface area contributed by atoms with Gasteiger partial charge in [-0.2, -0.15) is 0 Å². The van der Waals surface area contributed by atoms with E-state index in [0.717, 1.165) is 43.9 Å². The number of nitrogens with one attached hydrogen (secondary N) is 2. The van der Waals surface area contributed by atoms with Crippen LogP contribution in [0.15, 0.2) is 17.5 Å². The monoisotopic (exact) mass is 319 g/mol. The van der Waals surface area contributed by atoms with E-state index in [9.17, 15) is 4.79 Å². The van der Waals surface area contributed by atoms with Crippen LogP contribution < -0.4 is 10.6 Å². The van der Waals surface area contributed by atoms with Gasteiger partial charge in [-0.05, 0) is 24.3 Å². The third-order valence-corrected chi connectivity index (χ3v) is 4.91. The molecule has 1 atom stereocenters. The number of urea groups is 1. The van der Waals surface area contributed by atoms with Crippen molar-refractivity contribution in [3.8, 4) is 0 Å². The predicted octanol–water partition coefficient (Wildman–Crippen LogP) is 2.28. The molecule has 0 unspecified atom stereocenters. The minimum atomic E-state index is -0.124. The van der Waals surface area contributed by atoms with Crippen molar-refractivity contribution in [1.82, 2.24) is 25.4 Å². The lowest BCUT2D eigenvalue weighted by atomic mass is 10.2. The topological polar surface area (TPSA) is 71.8 Å². The third kappa shape index (κ3) is 3.30. The highest BCUT2D eigenvalue weighted by Gasteiger charge is 2.17. The number of carbonyl (C=O) groups excluding carboxylic acids is 1. The number of amides is 2. The second-order valence-corrected chi connectivity index (χ2v) is 6.39. The van der Waals surface area contributed by atoms with Gasteiger partial charge in [-0.3, -0.25) is 0 Å². The molecule has 0 aromatic carbocycles. The molecule has 0 saturated carbocycles. The summed E-state index contributed by atoms with van der Waals surface area (Å²) in [6.45, 7) is 3.65. The summed E-state index contributed by atoms with van der Waals surface area (Å²) >= 11 is 1.67. The van der Waals surface area contributed by atoms with Crippen LogP contribution in [0, 0.1) is 0 Å². The summed E-state index contributed by atoms with van der Waals surface area (Å²) in [5, 5.41) is 16.3. The normalized spacial score (nSPS) is 14.6. The van der Waals surface area contributed by atoms with Crippen molar-refractivity contribution >= 4 is 17.4 Å². The second-order valence-electron chi connectivity index (χ2n) is 5.41. The summed E-state index contributed by atoms with van der Waals surface area (Å²) in [6.07, 6.45) is 3.76. The number of aromatic nitrogens is 3. The molecule has 1 aliphatic heterocycles. The van der Waals surface area contributed by atoms with Crippen LogP contribution in [0.3, 0.4) is 0 Å². The Hall–Kier alpha value is -1.89. The third-order valence-electron chi connectivity index (χ3n) is 3.92. The molecule has 0 saturated heterocycles. The highest BCUT2D eigenvalue weighted by Crippen LogP contribution is 2.21. The number of aryl methyl sites for hydroxylation is 1. The fourth-order valence-corrected chi connectivity index (χ4v) is 3.62. The van der Waals surface area contributed by atoms with Gasteiger partial charge in [-0.15, -0.1) is 21.5 Å². The van der Waals surface area contributed by atoms with E-state index in [2.05, 4.69) is 38.4 Å². The molecule has 0 radical (unpaired) electrons. The van der Waals surface area contributed by atoms with E-state index in [4.69, 9.17) is 0 Å². The molecule has 0 spiro atoms. The number of hydrogen-bond donors (Lipinski definition) is 2. The van der Waals surface area contributed by atoms with Crippen molar-refractivity contribution in [3.63, 3.8) is 0 Å². The van der Waals surface area contributed by atoms with Gasteiger partial charge in [0.15, 0.2) is 0 Å². The summed E-state index contributed by atoms with van der Waals surface area (Å²) in [5.74, 6) is 2.04. The smallest absolute Gasteiger partial charge is 0.315 e. The Bertz CT molecular complexity index is 622. The standard InChI is InChI=1S/C15H21N5OS/c1-2-11(12-5-4-10-22-12)17-15(21)16-8-7-14-19-18-13-6-3-9-20(13)14/h4-5,10-11H,2-3,6-9H2,1H3,(H2,16,17,21)/t11-/m0/s1. The molecule has 1 aliphatic rings. The van der Waals surface area contributed by atoms with Crippen LogP contribution in [-0.2, 0) is 19.4 Å². The van der Waals surface area contributed by atoms with E-state index >= 15 is 0 Å². The fourth-order valence-electron chi connectivity index (χ4n) is 2.76. The number of carbonyl (C=O) groups is 1. The zero-order chi connectivity index (χ0) is 15.4. The highest BCUT2D eigenvalue weighted by atomic mass is 32.1. The van der Waals surface area contributed by atoms with E-state index in [1.807, 2.05) is 11.4 Å². The molecule has 3 heterocycles. The second kappa shape index (κ2) is 6.91. The lowest BCUT2D eigenvalue weighted by molar-refractivity contribution is 0.237. The van der Waals surface area contributed by atoms with Gasteiger partial charge >= 0.3 is 6.03 Å². The molecule has 6 nitrogen and oxygen atoms in total. The van der Waals surface area contributed by atoms with Crippen LogP contribution in [0.4, 0.5) is 4.79 Å².